The van der Waals surface area contributed by atoms with E-state index in [1.165, 1.54) is 22.9 Å². The minimum atomic E-state index is -0.493. The summed E-state index contributed by atoms with van der Waals surface area (Å²) in [6.07, 6.45) is 1.55. The van der Waals surface area contributed by atoms with E-state index in [1.54, 1.807) is 24.4 Å². The number of amides is 1. The molecule has 0 saturated heterocycles. The number of non-ortho nitro benzene ring substituents is 1. The molecule has 0 unspecified atom stereocenters. The summed E-state index contributed by atoms with van der Waals surface area (Å²) in [6, 6.07) is 9.10. The Kier molecular flexibility index (Phi) is 4.37. The van der Waals surface area contributed by atoms with Crippen molar-refractivity contribution in [2.75, 3.05) is 5.32 Å². The van der Waals surface area contributed by atoms with Crippen LogP contribution in [0, 0.1) is 10.1 Å². The van der Waals surface area contributed by atoms with Crippen LogP contribution in [-0.2, 0) is 11.3 Å². The van der Waals surface area contributed by atoms with Crippen molar-refractivity contribution in [1.82, 2.24) is 9.78 Å². The van der Waals surface area contributed by atoms with E-state index in [0.29, 0.717) is 26.6 Å². The van der Waals surface area contributed by atoms with E-state index in [9.17, 15) is 14.9 Å². The quantitative estimate of drug-likeness (QED) is 0.561. The zero-order valence-corrected chi connectivity index (χ0v) is 13.6. The zero-order chi connectivity index (χ0) is 17.3. The van der Waals surface area contributed by atoms with E-state index in [-0.39, 0.29) is 18.1 Å². The van der Waals surface area contributed by atoms with Gasteiger partial charge >= 0.3 is 0 Å². The standard InChI is InChI=1S/C15H10Cl2N4O3/c16-12-4-2-10(5-13(12)17)19-15(22)8-20-14-6-11(21(23)24)3-1-9(14)7-18-20/h1-7H,8H2,(H,19,22). The molecule has 7 nitrogen and oxygen atoms in total. The topological polar surface area (TPSA) is 90.1 Å². The van der Waals surface area contributed by atoms with Crippen LogP contribution in [-0.4, -0.2) is 20.6 Å². The molecule has 24 heavy (non-hydrogen) atoms. The number of nitro groups is 1. The third-order valence-corrected chi connectivity index (χ3v) is 4.07. The van der Waals surface area contributed by atoms with Gasteiger partial charge in [0.25, 0.3) is 5.69 Å². The van der Waals surface area contributed by atoms with Gasteiger partial charge in [0.05, 0.1) is 26.7 Å². The normalized spacial score (nSPS) is 10.8. The summed E-state index contributed by atoms with van der Waals surface area (Å²) in [4.78, 5) is 22.5. The van der Waals surface area contributed by atoms with Gasteiger partial charge in [-0.25, -0.2) is 0 Å². The summed E-state index contributed by atoms with van der Waals surface area (Å²) in [5, 5.41) is 19.1. The van der Waals surface area contributed by atoms with Gasteiger partial charge in [-0.1, -0.05) is 23.2 Å². The third-order valence-electron chi connectivity index (χ3n) is 3.34. The fraction of sp³-hybridized carbons (Fsp3) is 0.0667. The predicted octanol–water partition coefficient (Wildman–Crippen LogP) is 3.89. The molecule has 1 amide bonds. The number of rotatable bonds is 4. The minimum absolute atomic E-state index is 0.0610. The van der Waals surface area contributed by atoms with Crippen LogP contribution in [0.5, 0.6) is 0 Å². The second-order valence-corrected chi connectivity index (χ2v) is 5.79. The maximum absolute atomic E-state index is 12.2. The lowest BCUT2D eigenvalue weighted by Crippen LogP contribution is -2.19. The van der Waals surface area contributed by atoms with Crippen LogP contribution in [0.15, 0.2) is 42.6 Å². The molecule has 0 saturated carbocycles. The van der Waals surface area contributed by atoms with Crippen molar-refractivity contribution in [2.45, 2.75) is 6.54 Å². The molecule has 0 fully saturated rings. The highest BCUT2D eigenvalue weighted by atomic mass is 35.5. The monoisotopic (exact) mass is 364 g/mol. The van der Waals surface area contributed by atoms with E-state index in [0.717, 1.165) is 0 Å². The number of benzene rings is 2. The van der Waals surface area contributed by atoms with E-state index in [1.807, 2.05) is 0 Å². The largest absolute Gasteiger partial charge is 0.324 e. The molecule has 122 valence electrons. The number of halogens is 2. The van der Waals surface area contributed by atoms with Crippen LogP contribution in [0.1, 0.15) is 0 Å². The number of nitrogens with zero attached hydrogens (tertiary/aromatic N) is 3. The molecule has 1 N–H and O–H groups in total. The number of fused-ring (bicyclic) bond motifs is 1. The zero-order valence-electron chi connectivity index (χ0n) is 12.1. The van der Waals surface area contributed by atoms with Crippen LogP contribution >= 0.6 is 23.2 Å². The molecule has 0 aliphatic rings. The molecule has 1 heterocycles. The average Bonchev–Trinajstić information content (AvgIpc) is 2.93. The summed E-state index contributed by atoms with van der Waals surface area (Å²) in [5.74, 6) is -0.343. The van der Waals surface area contributed by atoms with Gasteiger partial charge in [0.2, 0.25) is 5.91 Å². The van der Waals surface area contributed by atoms with Crippen molar-refractivity contribution in [1.29, 1.82) is 0 Å². The van der Waals surface area contributed by atoms with Crippen molar-refractivity contribution in [3.8, 4) is 0 Å². The fourth-order valence-corrected chi connectivity index (χ4v) is 2.51. The van der Waals surface area contributed by atoms with E-state index < -0.39 is 4.92 Å². The third kappa shape index (κ3) is 3.32. The van der Waals surface area contributed by atoms with Gasteiger partial charge in [-0.2, -0.15) is 5.10 Å². The number of hydrogen-bond acceptors (Lipinski definition) is 4. The first-order valence-electron chi connectivity index (χ1n) is 6.79. The Balaban J connectivity index is 1.81. The molecule has 0 radical (unpaired) electrons. The lowest BCUT2D eigenvalue weighted by Gasteiger charge is -2.07. The molecule has 3 rings (SSSR count). The first-order valence-corrected chi connectivity index (χ1v) is 7.54. The minimum Gasteiger partial charge on any atom is -0.324 e. The first-order chi connectivity index (χ1) is 11.4. The van der Waals surface area contributed by atoms with Gasteiger partial charge in [-0.15, -0.1) is 0 Å². The first kappa shape index (κ1) is 16.2. The molecule has 0 bridgehead atoms. The molecule has 0 aliphatic carbocycles. The smallest absolute Gasteiger partial charge is 0.271 e. The molecular formula is C15H10Cl2N4O3. The molecular weight excluding hydrogens is 355 g/mol. The average molecular weight is 365 g/mol. The molecule has 9 heteroatoms. The van der Waals surface area contributed by atoms with Crippen molar-refractivity contribution in [3.05, 3.63) is 62.8 Å². The van der Waals surface area contributed by atoms with E-state index in [4.69, 9.17) is 23.2 Å². The Bertz CT molecular complexity index is 955. The van der Waals surface area contributed by atoms with E-state index in [2.05, 4.69) is 10.4 Å². The van der Waals surface area contributed by atoms with Crippen LogP contribution in [0.4, 0.5) is 11.4 Å². The summed E-state index contributed by atoms with van der Waals surface area (Å²) in [7, 11) is 0. The Morgan fingerprint density at radius 2 is 2.00 bits per heavy atom. The lowest BCUT2D eigenvalue weighted by atomic mass is 10.2. The molecule has 1 aromatic heterocycles. The number of aromatic nitrogens is 2. The maximum atomic E-state index is 12.2. The van der Waals surface area contributed by atoms with Crippen LogP contribution in [0.25, 0.3) is 10.9 Å². The number of carbonyl (C=O) groups excluding carboxylic acids is 1. The summed E-state index contributed by atoms with van der Waals surface area (Å²) >= 11 is 11.7. The number of nitrogens with one attached hydrogen (secondary N) is 1. The second kappa shape index (κ2) is 6.46. The van der Waals surface area contributed by atoms with E-state index >= 15 is 0 Å². The predicted molar refractivity (Wildman–Crippen MR) is 91.5 cm³/mol. The van der Waals surface area contributed by atoms with Gasteiger partial charge in [-0.05, 0) is 24.3 Å². The van der Waals surface area contributed by atoms with Gasteiger partial charge in [-0.3, -0.25) is 19.6 Å². The van der Waals surface area contributed by atoms with Crippen molar-refractivity contribution < 1.29 is 9.72 Å². The Morgan fingerprint density at radius 3 is 2.71 bits per heavy atom. The Morgan fingerprint density at radius 1 is 1.21 bits per heavy atom. The molecule has 2 aromatic carbocycles. The van der Waals surface area contributed by atoms with Crippen molar-refractivity contribution >= 4 is 51.4 Å². The van der Waals surface area contributed by atoms with Crippen LogP contribution in [0.2, 0.25) is 10.0 Å². The van der Waals surface area contributed by atoms with Gasteiger partial charge in [0.15, 0.2) is 0 Å². The molecule has 0 spiro atoms. The highest BCUT2D eigenvalue weighted by Gasteiger charge is 2.12. The van der Waals surface area contributed by atoms with Crippen molar-refractivity contribution in [3.63, 3.8) is 0 Å². The van der Waals surface area contributed by atoms with Gasteiger partial charge in [0.1, 0.15) is 6.54 Å². The van der Waals surface area contributed by atoms with Gasteiger partial charge < -0.3 is 5.32 Å². The summed E-state index contributed by atoms with van der Waals surface area (Å²) < 4.78 is 1.40. The Hall–Kier alpha value is -2.64. The second-order valence-electron chi connectivity index (χ2n) is 4.98. The SMILES string of the molecule is O=C(Cn1ncc2ccc([N+](=O)[O-])cc21)Nc1ccc(Cl)c(Cl)c1. The lowest BCUT2D eigenvalue weighted by molar-refractivity contribution is -0.384. The van der Waals surface area contributed by atoms with Gasteiger partial charge in [0, 0.05) is 23.2 Å². The number of nitro benzene ring substituents is 1. The molecule has 3 aromatic rings. The van der Waals surface area contributed by atoms with Crippen molar-refractivity contribution in [2.24, 2.45) is 0 Å². The van der Waals surface area contributed by atoms with Crippen LogP contribution in [0.3, 0.4) is 0 Å². The highest BCUT2D eigenvalue weighted by molar-refractivity contribution is 6.42. The Labute approximate surface area is 145 Å². The molecule has 0 aliphatic heterocycles. The van der Waals surface area contributed by atoms with Crippen LogP contribution < -0.4 is 5.32 Å². The summed E-state index contributed by atoms with van der Waals surface area (Å²) in [5.41, 5.74) is 0.944. The number of hydrogen-bond donors (Lipinski definition) is 1. The number of carbonyl (C=O) groups is 1. The highest BCUT2D eigenvalue weighted by Crippen LogP contribution is 2.25. The number of anilines is 1. The maximum Gasteiger partial charge on any atom is 0.271 e. The summed E-state index contributed by atoms with van der Waals surface area (Å²) in [6.45, 7) is -0.0923. The molecule has 0 atom stereocenters. The fourth-order valence-electron chi connectivity index (χ4n) is 2.21.